The molecule has 0 amide bonds. The summed E-state index contributed by atoms with van der Waals surface area (Å²) < 4.78 is 0. The van der Waals surface area contributed by atoms with Crippen molar-refractivity contribution >= 4 is 17.5 Å². The van der Waals surface area contributed by atoms with Crippen molar-refractivity contribution in [2.45, 2.75) is 39.5 Å². The molecule has 0 spiro atoms. The Hall–Kier alpha value is 0.0200. The Bertz CT molecular complexity index is 228. The molecule has 14 heavy (non-hydrogen) atoms. The number of hydrogen-bond donors (Lipinski definition) is 0. The molecule has 0 N–H and O–H groups in total. The number of rotatable bonds is 3. The molecule has 0 bridgehead atoms. The molecule has 0 aromatic rings. The number of carbonyl (C=O) groups is 1. The highest BCUT2D eigenvalue weighted by atomic mass is 32.2. The van der Waals surface area contributed by atoms with Crippen LogP contribution < -0.4 is 0 Å². The SMILES string of the molecule is CC1(C)CC1C(=O)CC1CCSCC1. The van der Waals surface area contributed by atoms with Gasteiger partial charge in [0.05, 0.1) is 0 Å². The van der Waals surface area contributed by atoms with E-state index in [1.54, 1.807) is 0 Å². The Labute approximate surface area is 91.0 Å². The van der Waals surface area contributed by atoms with Gasteiger partial charge in [-0.15, -0.1) is 0 Å². The average molecular weight is 212 g/mol. The van der Waals surface area contributed by atoms with E-state index in [9.17, 15) is 4.79 Å². The first kappa shape index (κ1) is 10.5. The zero-order valence-electron chi connectivity index (χ0n) is 9.21. The Morgan fingerprint density at radius 3 is 2.43 bits per heavy atom. The molecule has 80 valence electrons. The predicted molar refractivity (Wildman–Crippen MR) is 61.6 cm³/mol. The molecule has 2 heteroatoms. The lowest BCUT2D eigenvalue weighted by molar-refractivity contribution is -0.121. The number of hydrogen-bond acceptors (Lipinski definition) is 2. The molecule has 0 radical (unpaired) electrons. The maximum Gasteiger partial charge on any atom is 0.136 e. The van der Waals surface area contributed by atoms with Crippen molar-refractivity contribution in [1.82, 2.24) is 0 Å². The van der Waals surface area contributed by atoms with Crippen molar-refractivity contribution in [3.8, 4) is 0 Å². The van der Waals surface area contributed by atoms with Crippen LogP contribution in [0, 0.1) is 17.3 Å². The normalized spacial score (nSPS) is 31.4. The van der Waals surface area contributed by atoms with Crippen LogP contribution in [-0.4, -0.2) is 17.3 Å². The second-order valence-electron chi connectivity index (χ2n) is 5.47. The van der Waals surface area contributed by atoms with Gasteiger partial charge in [0.25, 0.3) is 0 Å². The van der Waals surface area contributed by atoms with Crippen molar-refractivity contribution in [3.05, 3.63) is 0 Å². The van der Waals surface area contributed by atoms with Crippen LogP contribution in [0.2, 0.25) is 0 Å². The molecule has 1 aliphatic carbocycles. The van der Waals surface area contributed by atoms with Gasteiger partial charge in [-0.05, 0) is 42.1 Å². The second-order valence-corrected chi connectivity index (χ2v) is 6.70. The Balaban J connectivity index is 1.77. The molecule has 0 aromatic carbocycles. The molecule has 1 saturated heterocycles. The zero-order chi connectivity index (χ0) is 10.2. The van der Waals surface area contributed by atoms with Gasteiger partial charge in [-0.25, -0.2) is 0 Å². The molecule has 0 aromatic heterocycles. The summed E-state index contributed by atoms with van der Waals surface area (Å²) in [5.74, 6) is 4.20. The van der Waals surface area contributed by atoms with Crippen LogP contribution in [0.5, 0.6) is 0 Å². The molecule has 2 rings (SSSR count). The Morgan fingerprint density at radius 1 is 1.36 bits per heavy atom. The first-order valence-electron chi connectivity index (χ1n) is 5.70. The number of Topliss-reactive ketones (excluding diaryl/α,β-unsaturated/α-hetero) is 1. The van der Waals surface area contributed by atoms with Crippen LogP contribution in [0.4, 0.5) is 0 Å². The maximum absolute atomic E-state index is 11.9. The molecule has 1 atom stereocenters. The summed E-state index contributed by atoms with van der Waals surface area (Å²) in [6, 6.07) is 0. The van der Waals surface area contributed by atoms with Crippen LogP contribution in [0.3, 0.4) is 0 Å². The monoisotopic (exact) mass is 212 g/mol. The van der Waals surface area contributed by atoms with Gasteiger partial charge < -0.3 is 0 Å². The highest BCUT2D eigenvalue weighted by Crippen LogP contribution is 2.53. The van der Waals surface area contributed by atoms with E-state index >= 15 is 0 Å². The van der Waals surface area contributed by atoms with Crippen molar-refractivity contribution in [2.75, 3.05) is 11.5 Å². The molecule has 2 aliphatic rings. The van der Waals surface area contributed by atoms with E-state index in [1.807, 2.05) is 11.8 Å². The van der Waals surface area contributed by atoms with Crippen LogP contribution in [0.1, 0.15) is 39.5 Å². The van der Waals surface area contributed by atoms with Crippen LogP contribution >= 0.6 is 11.8 Å². The van der Waals surface area contributed by atoms with Crippen LogP contribution in [0.15, 0.2) is 0 Å². The third kappa shape index (κ3) is 2.33. The van der Waals surface area contributed by atoms with E-state index in [1.165, 1.54) is 24.3 Å². The van der Waals surface area contributed by atoms with E-state index < -0.39 is 0 Å². The van der Waals surface area contributed by atoms with Gasteiger partial charge in [0.1, 0.15) is 5.78 Å². The summed E-state index contributed by atoms with van der Waals surface area (Å²) in [4.78, 5) is 11.9. The second kappa shape index (κ2) is 3.88. The summed E-state index contributed by atoms with van der Waals surface area (Å²) in [6.07, 6.45) is 4.54. The van der Waals surface area contributed by atoms with E-state index in [0.29, 0.717) is 23.0 Å². The maximum atomic E-state index is 11.9. The summed E-state index contributed by atoms with van der Waals surface area (Å²) in [5, 5.41) is 0. The molecule has 1 nitrogen and oxygen atoms in total. The minimum absolute atomic E-state index is 0.334. The quantitative estimate of drug-likeness (QED) is 0.715. The Morgan fingerprint density at radius 2 is 1.93 bits per heavy atom. The van der Waals surface area contributed by atoms with Crippen molar-refractivity contribution in [1.29, 1.82) is 0 Å². The van der Waals surface area contributed by atoms with Crippen LogP contribution in [0.25, 0.3) is 0 Å². The molecular weight excluding hydrogens is 192 g/mol. The van der Waals surface area contributed by atoms with E-state index in [0.717, 1.165) is 12.8 Å². The fraction of sp³-hybridized carbons (Fsp3) is 0.917. The van der Waals surface area contributed by atoms with Gasteiger partial charge in [-0.3, -0.25) is 4.79 Å². The third-order valence-corrected chi connectivity index (χ3v) is 4.78. The highest BCUT2D eigenvalue weighted by molar-refractivity contribution is 7.99. The fourth-order valence-corrected chi connectivity index (χ4v) is 3.60. The van der Waals surface area contributed by atoms with E-state index in [2.05, 4.69) is 13.8 Å². The number of carbonyl (C=O) groups excluding carboxylic acids is 1. The van der Waals surface area contributed by atoms with Crippen molar-refractivity contribution in [3.63, 3.8) is 0 Å². The van der Waals surface area contributed by atoms with Gasteiger partial charge in [-0.1, -0.05) is 13.8 Å². The molecule has 2 fully saturated rings. The molecule has 1 aliphatic heterocycles. The minimum atomic E-state index is 0.334. The van der Waals surface area contributed by atoms with E-state index in [-0.39, 0.29) is 0 Å². The van der Waals surface area contributed by atoms with Crippen molar-refractivity contribution < 1.29 is 4.79 Å². The summed E-state index contributed by atoms with van der Waals surface area (Å²) in [5.41, 5.74) is 0.334. The fourth-order valence-electron chi connectivity index (χ4n) is 2.39. The predicted octanol–water partition coefficient (Wildman–Crippen LogP) is 3.13. The number of ketones is 1. The van der Waals surface area contributed by atoms with Gasteiger partial charge in [0.15, 0.2) is 0 Å². The topological polar surface area (TPSA) is 17.1 Å². The largest absolute Gasteiger partial charge is 0.299 e. The first-order valence-corrected chi connectivity index (χ1v) is 6.85. The highest BCUT2D eigenvalue weighted by Gasteiger charge is 2.50. The standard InChI is InChI=1S/C12H20OS/c1-12(2)8-10(12)11(13)7-9-3-5-14-6-4-9/h9-10H,3-8H2,1-2H3. The first-order chi connectivity index (χ1) is 6.59. The molecular formula is C12H20OS. The summed E-state index contributed by atoms with van der Waals surface area (Å²) in [6.45, 7) is 4.43. The van der Waals surface area contributed by atoms with Crippen LogP contribution in [-0.2, 0) is 4.79 Å². The van der Waals surface area contributed by atoms with Crippen molar-refractivity contribution in [2.24, 2.45) is 17.3 Å². The lowest BCUT2D eigenvalue weighted by atomic mass is 9.93. The Kier molecular flexibility index (Phi) is 2.92. The van der Waals surface area contributed by atoms with Gasteiger partial charge in [0, 0.05) is 12.3 Å². The summed E-state index contributed by atoms with van der Waals surface area (Å²) >= 11 is 2.04. The lowest BCUT2D eigenvalue weighted by Gasteiger charge is -2.20. The molecule has 1 heterocycles. The summed E-state index contributed by atoms with van der Waals surface area (Å²) in [7, 11) is 0. The molecule has 1 saturated carbocycles. The van der Waals surface area contributed by atoms with Gasteiger partial charge >= 0.3 is 0 Å². The average Bonchev–Trinajstić information content (AvgIpc) is 2.77. The van der Waals surface area contributed by atoms with E-state index in [4.69, 9.17) is 0 Å². The minimum Gasteiger partial charge on any atom is -0.299 e. The zero-order valence-corrected chi connectivity index (χ0v) is 10.0. The van der Waals surface area contributed by atoms with Gasteiger partial charge in [0.2, 0.25) is 0 Å². The number of thioether (sulfide) groups is 1. The smallest absolute Gasteiger partial charge is 0.136 e. The lowest BCUT2D eigenvalue weighted by Crippen LogP contribution is -2.16. The third-order valence-electron chi connectivity index (χ3n) is 3.73. The molecule has 1 unspecified atom stereocenters. The van der Waals surface area contributed by atoms with Gasteiger partial charge in [-0.2, -0.15) is 11.8 Å².